The number of urea groups is 1. The van der Waals surface area contributed by atoms with E-state index in [0.29, 0.717) is 34.7 Å². The Morgan fingerprint density at radius 2 is 1.88 bits per heavy atom. The van der Waals surface area contributed by atoms with Crippen LogP contribution in [0.4, 0.5) is 16.2 Å². The Morgan fingerprint density at radius 3 is 2.59 bits per heavy atom. The number of methoxy groups -OCH3 is 2. The Morgan fingerprint density at radius 1 is 1.12 bits per heavy atom. The van der Waals surface area contributed by atoms with E-state index in [-0.39, 0.29) is 11.3 Å². The molecule has 0 saturated heterocycles. The number of nitrogens with two attached hydrogens (primary N) is 1. The highest BCUT2D eigenvalue weighted by Gasteiger charge is 2.27. The van der Waals surface area contributed by atoms with Gasteiger partial charge in [0.15, 0.2) is 11.5 Å². The molecular weight excluding hydrogens is 446 g/mol. The highest BCUT2D eigenvalue weighted by atomic mass is 35.5. The summed E-state index contributed by atoms with van der Waals surface area (Å²) >= 11 is 8.12. The van der Waals surface area contributed by atoms with Crippen LogP contribution in [0.1, 0.15) is 42.9 Å². The second kappa shape index (κ2) is 12.1. The number of amides is 2. The fourth-order valence-corrected chi connectivity index (χ4v) is 5.73. The van der Waals surface area contributed by atoms with Crippen molar-refractivity contribution < 1.29 is 14.3 Å². The summed E-state index contributed by atoms with van der Waals surface area (Å²) in [7, 11) is 3.14. The van der Waals surface area contributed by atoms with E-state index in [1.54, 1.807) is 32.4 Å². The van der Waals surface area contributed by atoms with Gasteiger partial charge in [-0.25, -0.2) is 4.79 Å². The average molecular weight is 478 g/mol. The number of ether oxygens (including phenoxy) is 2. The standard InChI is InChI=1S/C24H32ClN3O3S/c1-30-21-11-9-18(15-22(21)31-2)28-24(29)27-12-13-32-23(16-6-4-3-5-7-16)19-14-17(25)8-10-20(19)26/h8-11,14-16,23H,3-7,12-13,26H2,1-2H3,(H2,27,28,29). The van der Waals surface area contributed by atoms with Crippen LogP contribution in [0.5, 0.6) is 11.5 Å². The third-order valence-electron chi connectivity index (χ3n) is 5.76. The predicted octanol–water partition coefficient (Wildman–Crippen LogP) is 6.12. The molecule has 1 fully saturated rings. The zero-order valence-electron chi connectivity index (χ0n) is 18.7. The molecule has 1 aliphatic carbocycles. The maximum atomic E-state index is 12.3. The monoisotopic (exact) mass is 477 g/mol. The van der Waals surface area contributed by atoms with Gasteiger partial charge in [-0.05, 0) is 54.7 Å². The Balaban J connectivity index is 1.55. The molecule has 1 aliphatic rings. The molecule has 1 atom stereocenters. The van der Waals surface area contributed by atoms with Crippen molar-refractivity contribution >= 4 is 40.8 Å². The van der Waals surface area contributed by atoms with Crippen LogP contribution in [0.2, 0.25) is 5.02 Å². The number of nitrogen functional groups attached to an aromatic ring is 1. The van der Waals surface area contributed by atoms with Crippen molar-refractivity contribution in [3.05, 3.63) is 47.0 Å². The zero-order valence-corrected chi connectivity index (χ0v) is 20.2. The summed E-state index contributed by atoms with van der Waals surface area (Å²) in [5, 5.41) is 6.76. The molecular formula is C24H32ClN3O3S. The highest BCUT2D eigenvalue weighted by Crippen LogP contribution is 2.45. The van der Waals surface area contributed by atoms with Crippen molar-refractivity contribution in [1.82, 2.24) is 5.32 Å². The number of benzene rings is 2. The highest BCUT2D eigenvalue weighted by molar-refractivity contribution is 7.99. The molecule has 0 spiro atoms. The number of hydrogen-bond donors (Lipinski definition) is 3. The third kappa shape index (κ3) is 6.62. The van der Waals surface area contributed by atoms with E-state index in [4.69, 9.17) is 26.8 Å². The van der Waals surface area contributed by atoms with Gasteiger partial charge in [0.05, 0.1) is 14.2 Å². The van der Waals surface area contributed by atoms with Crippen molar-refractivity contribution in [1.29, 1.82) is 0 Å². The first-order chi connectivity index (χ1) is 15.5. The van der Waals surface area contributed by atoms with Crippen LogP contribution in [-0.4, -0.2) is 32.5 Å². The van der Waals surface area contributed by atoms with Crippen molar-refractivity contribution in [2.75, 3.05) is 37.6 Å². The SMILES string of the molecule is COc1ccc(NC(=O)NCCSC(c2cc(Cl)ccc2N)C2CCCCC2)cc1OC. The van der Waals surface area contributed by atoms with Gasteiger partial charge in [-0.2, -0.15) is 11.8 Å². The molecule has 4 N–H and O–H groups in total. The summed E-state index contributed by atoms with van der Waals surface area (Å²) in [6, 6.07) is 10.7. The first-order valence-electron chi connectivity index (χ1n) is 10.9. The van der Waals surface area contributed by atoms with E-state index in [1.165, 1.54) is 32.1 Å². The van der Waals surface area contributed by atoms with Crippen LogP contribution in [0.3, 0.4) is 0 Å². The van der Waals surface area contributed by atoms with Gasteiger partial charge in [-0.3, -0.25) is 0 Å². The largest absolute Gasteiger partial charge is 0.493 e. The van der Waals surface area contributed by atoms with E-state index < -0.39 is 0 Å². The molecule has 8 heteroatoms. The Labute approximate surface area is 199 Å². The molecule has 0 heterocycles. The average Bonchev–Trinajstić information content (AvgIpc) is 2.81. The van der Waals surface area contributed by atoms with Gasteiger partial charge in [-0.1, -0.05) is 30.9 Å². The lowest BCUT2D eigenvalue weighted by molar-refractivity contribution is 0.252. The minimum absolute atomic E-state index is 0.255. The maximum Gasteiger partial charge on any atom is 0.319 e. The molecule has 1 saturated carbocycles. The number of rotatable bonds is 9. The first kappa shape index (κ1) is 24.4. The van der Waals surface area contributed by atoms with Crippen molar-refractivity contribution in [2.24, 2.45) is 5.92 Å². The third-order valence-corrected chi connectivity index (χ3v) is 7.43. The lowest BCUT2D eigenvalue weighted by Crippen LogP contribution is -2.30. The second-order valence-electron chi connectivity index (χ2n) is 7.91. The number of carbonyl (C=O) groups is 1. The van der Waals surface area contributed by atoms with Gasteiger partial charge in [-0.15, -0.1) is 0 Å². The molecule has 0 bridgehead atoms. The fraction of sp³-hybridized carbons (Fsp3) is 0.458. The Bertz CT molecular complexity index is 906. The quantitative estimate of drug-likeness (QED) is 0.299. The van der Waals surface area contributed by atoms with E-state index in [9.17, 15) is 4.79 Å². The molecule has 0 aliphatic heterocycles. The molecule has 1 unspecified atom stereocenters. The minimum Gasteiger partial charge on any atom is -0.493 e. The number of halogens is 1. The summed E-state index contributed by atoms with van der Waals surface area (Å²) in [6.07, 6.45) is 6.23. The van der Waals surface area contributed by atoms with Gasteiger partial charge in [0.1, 0.15) is 0 Å². The number of hydrogen-bond acceptors (Lipinski definition) is 5. The zero-order chi connectivity index (χ0) is 22.9. The summed E-state index contributed by atoms with van der Waals surface area (Å²) in [5.41, 5.74) is 8.85. The van der Waals surface area contributed by atoms with Gasteiger partial charge < -0.3 is 25.8 Å². The summed E-state index contributed by atoms with van der Waals surface area (Å²) in [6.45, 7) is 0.549. The van der Waals surface area contributed by atoms with Crippen LogP contribution in [0.15, 0.2) is 36.4 Å². The number of thioether (sulfide) groups is 1. The summed E-state index contributed by atoms with van der Waals surface area (Å²) < 4.78 is 10.5. The van der Waals surface area contributed by atoms with Crippen LogP contribution in [-0.2, 0) is 0 Å². The molecule has 2 amide bonds. The Kier molecular flexibility index (Phi) is 9.23. The first-order valence-corrected chi connectivity index (χ1v) is 12.4. The van der Waals surface area contributed by atoms with Crippen LogP contribution in [0, 0.1) is 5.92 Å². The molecule has 3 rings (SSSR count). The van der Waals surface area contributed by atoms with Gasteiger partial charge in [0.2, 0.25) is 0 Å². The number of nitrogens with one attached hydrogen (secondary N) is 2. The van der Waals surface area contributed by atoms with Crippen molar-refractivity contribution in [2.45, 2.75) is 37.4 Å². The van der Waals surface area contributed by atoms with Crippen LogP contribution in [0.25, 0.3) is 0 Å². The van der Waals surface area contributed by atoms with Crippen LogP contribution < -0.4 is 25.8 Å². The molecule has 32 heavy (non-hydrogen) atoms. The smallest absolute Gasteiger partial charge is 0.319 e. The van der Waals surface area contributed by atoms with E-state index in [0.717, 1.165) is 17.0 Å². The molecule has 0 radical (unpaired) electrons. The molecule has 2 aromatic rings. The molecule has 174 valence electrons. The van der Waals surface area contributed by atoms with E-state index in [1.807, 2.05) is 30.0 Å². The molecule has 2 aromatic carbocycles. The van der Waals surface area contributed by atoms with Gasteiger partial charge in [0, 0.05) is 40.0 Å². The maximum absolute atomic E-state index is 12.3. The van der Waals surface area contributed by atoms with Crippen molar-refractivity contribution in [3.8, 4) is 11.5 Å². The van der Waals surface area contributed by atoms with E-state index >= 15 is 0 Å². The molecule has 6 nitrogen and oxygen atoms in total. The van der Waals surface area contributed by atoms with Gasteiger partial charge in [0.25, 0.3) is 0 Å². The van der Waals surface area contributed by atoms with E-state index in [2.05, 4.69) is 10.6 Å². The van der Waals surface area contributed by atoms with Crippen molar-refractivity contribution in [3.63, 3.8) is 0 Å². The minimum atomic E-state index is -0.255. The fourth-order valence-electron chi connectivity index (χ4n) is 4.15. The lowest BCUT2D eigenvalue weighted by Gasteiger charge is -2.31. The van der Waals surface area contributed by atoms with Crippen LogP contribution >= 0.6 is 23.4 Å². The molecule has 0 aromatic heterocycles. The summed E-state index contributed by atoms with van der Waals surface area (Å²) in [4.78, 5) is 12.3. The number of anilines is 2. The lowest BCUT2D eigenvalue weighted by atomic mass is 9.84. The summed E-state index contributed by atoms with van der Waals surface area (Å²) in [5.74, 6) is 2.54. The van der Waals surface area contributed by atoms with Gasteiger partial charge >= 0.3 is 6.03 Å². The topological polar surface area (TPSA) is 85.6 Å². The Hall–Kier alpha value is -2.25. The second-order valence-corrected chi connectivity index (χ2v) is 9.60. The normalized spacial score (nSPS) is 15.1. The number of carbonyl (C=O) groups excluding carboxylic acids is 1. The predicted molar refractivity (Wildman–Crippen MR) is 134 cm³/mol.